The zero-order valence-corrected chi connectivity index (χ0v) is 12.9. The first kappa shape index (κ1) is 15.9. The van der Waals surface area contributed by atoms with Gasteiger partial charge in [0.05, 0.1) is 5.75 Å². The number of terminal acetylenes is 1. The molecule has 0 aromatic heterocycles. The Morgan fingerprint density at radius 3 is 2.89 bits per heavy atom. The second-order valence-electron chi connectivity index (χ2n) is 5.24. The van der Waals surface area contributed by atoms with Gasteiger partial charge >= 0.3 is 0 Å². The average Bonchev–Trinajstić information content (AvgIpc) is 2.38. The predicted molar refractivity (Wildman–Crippen MR) is 83.1 cm³/mol. The summed E-state index contributed by atoms with van der Waals surface area (Å²) in [6.45, 7) is 10.6. The summed E-state index contributed by atoms with van der Waals surface area (Å²) >= 11 is 1.87. The van der Waals surface area contributed by atoms with E-state index in [1.807, 2.05) is 11.8 Å². The highest BCUT2D eigenvalue weighted by Gasteiger charge is 2.31. The molecule has 0 radical (unpaired) electrons. The van der Waals surface area contributed by atoms with Crippen molar-refractivity contribution in [2.24, 2.45) is 5.92 Å². The molecule has 1 heterocycles. The van der Waals surface area contributed by atoms with Gasteiger partial charge in [0.2, 0.25) is 0 Å². The number of hydrogen-bond acceptors (Lipinski definition) is 3. The Labute approximate surface area is 117 Å². The third-order valence-corrected chi connectivity index (χ3v) is 4.91. The van der Waals surface area contributed by atoms with Gasteiger partial charge in [-0.3, -0.25) is 4.90 Å². The van der Waals surface area contributed by atoms with Crippen molar-refractivity contribution >= 4 is 11.8 Å². The Bertz CT molecular complexity index is 262. The summed E-state index contributed by atoms with van der Waals surface area (Å²) < 4.78 is 0. The largest absolute Gasteiger partial charge is 0.314 e. The van der Waals surface area contributed by atoms with Crippen LogP contribution in [0, 0.1) is 18.3 Å². The third kappa shape index (κ3) is 4.84. The summed E-state index contributed by atoms with van der Waals surface area (Å²) in [6.07, 6.45) is 7.78. The molecular weight excluding hydrogens is 240 g/mol. The van der Waals surface area contributed by atoms with Gasteiger partial charge < -0.3 is 5.32 Å². The lowest BCUT2D eigenvalue weighted by Gasteiger charge is -2.43. The van der Waals surface area contributed by atoms with E-state index in [1.54, 1.807) is 0 Å². The van der Waals surface area contributed by atoms with Crippen molar-refractivity contribution in [3.63, 3.8) is 0 Å². The number of likely N-dealkylation sites (tertiary alicyclic amines) is 1. The number of nitrogens with one attached hydrogen (secondary N) is 1. The first-order valence-electron chi connectivity index (χ1n) is 7.19. The van der Waals surface area contributed by atoms with Crippen LogP contribution in [0.4, 0.5) is 0 Å². The van der Waals surface area contributed by atoms with Crippen LogP contribution in [0.25, 0.3) is 0 Å². The van der Waals surface area contributed by atoms with Gasteiger partial charge in [0.15, 0.2) is 0 Å². The summed E-state index contributed by atoms with van der Waals surface area (Å²) in [7, 11) is 0. The zero-order chi connectivity index (χ0) is 13.4. The van der Waals surface area contributed by atoms with Crippen molar-refractivity contribution in [2.75, 3.05) is 31.1 Å². The van der Waals surface area contributed by atoms with Crippen LogP contribution in [0.2, 0.25) is 0 Å². The van der Waals surface area contributed by atoms with Crippen LogP contribution < -0.4 is 5.32 Å². The molecular formula is C15H28N2S. The maximum absolute atomic E-state index is 5.27. The predicted octanol–water partition coefficient (Wildman–Crippen LogP) is 2.45. The number of rotatable bonds is 7. The molecule has 0 aromatic carbocycles. The van der Waals surface area contributed by atoms with Crippen LogP contribution in [0.5, 0.6) is 0 Å². The lowest BCUT2D eigenvalue weighted by molar-refractivity contribution is 0.0913. The third-order valence-electron chi connectivity index (χ3n) is 4.06. The minimum absolute atomic E-state index is 0.680. The molecule has 3 heteroatoms. The minimum atomic E-state index is 0.680. The molecule has 0 aliphatic carbocycles. The van der Waals surface area contributed by atoms with Crippen LogP contribution in [0.15, 0.2) is 0 Å². The molecule has 1 fully saturated rings. The zero-order valence-electron chi connectivity index (χ0n) is 12.1. The van der Waals surface area contributed by atoms with Crippen LogP contribution in [0.3, 0.4) is 0 Å². The Balaban J connectivity index is 2.31. The lowest BCUT2D eigenvalue weighted by Crippen LogP contribution is -2.53. The fourth-order valence-corrected chi connectivity index (χ4v) is 3.31. The number of piperidine rings is 1. The van der Waals surface area contributed by atoms with Crippen molar-refractivity contribution in [3.05, 3.63) is 0 Å². The van der Waals surface area contributed by atoms with Gasteiger partial charge in [-0.25, -0.2) is 0 Å². The first-order valence-corrected chi connectivity index (χ1v) is 8.34. The van der Waals surface area contributed by atoms with Gasteiger partial charge in [-0.05, 0) is 38.8 Å². The molecule has 1 aliphatic rings. The summed E-state index contributed by atoms with van der Waals surface area (Å²) in [5.41, 5.74) is 0. The fraction of sp³-hybridized carbons (Fsp3) is 0.867. The van der Waals surface area contributed by atoms with Gasteiger partial charge in [0.1, 0.15) is 0 Å². The van der Waals surface area contributed by atoms with Crippen molar-refractivity contribution in [1.82, 2.24) is 10.2 Å². The van der Waals surface area contributed by atoms with E-state index in [9.17, 15) is 0 Å². The molecule has 0 spiro atoms. The fourth-order valence-electron chi connectivity index (χ4n) is 2.69. The molecule has 3 atom stereocenters. The molecule has 2 nitrogen and oxygen atoms in total. The Kier molecular flexibility index (Phi) is 7.81. The smallest absolute Gasteiger partial charge is 0.0545 e. The molecule has 1 N–H and O–H groups in total. The normalized spacial score (nSPS) is 29.1. The van der Waals surface area contributed by atoms with Gasteiger partial charge in [0, 0.05) is 24.4 Å². The number of thioether (sulfide) groups is 1. The molecule has 0 aromatic rings. The highest BCUT2D eigenvalue weighted by atomic mass is 32.2. The van der Waals surface area contributed by atoms with Crippen molar-refractivity contribution in [3.8, 4) is 12.3 Å². The summed E-state index contributed by atoms with van der Waals surface area (Å²) in [4.78, 5) is 2.62. The highest BCUT2D eigenvalue weighted by Crippen LogP contribution is 2.23. The molecule has 0 bridgehead atoms. The topological polar surface area (TPSA) is 15.3 Å². The second-order valence-corrected chi connectivity index (χ2v) is 6.35. The summed E-state index contributed by atoms with van der Waals surface area (Å²) in [6, 6.07) is 1.38. The van der Waals surface area contributed by atoms with E-state index in [0.29, 0.717) is 12.1 Å². The monoisotopic (exact) mass is 268 g/mol. The van der Waals surface area contributed by atoms with E-state index in [1.165, 1.54) is 25.9 Å². The van der Waals surface area contributed by atoms with Crippen LogP contribution in [-0.4, -0.2) is 48.1 Å². The van der Waals surface area contributed by atoms with E-state index in [4.69, 9.17) is 6.42 Å². The Morgan fingerprint density at radius 1 is 1.44 bits per heavy atom. The first-order chi connectivity index (χ1) is 8.70. The number of nitrogens with zero attached hydrogens (tertiary/aromatic N) is 1. The molecule has 1 rings (SSSR count). The van der Waals surface area contributed by atoms with E-state index < -0.39 is 0 Å². The maximum Gasteiger partial charge on any atom is 0.0545 e. The average molecular weight is 268 g/mol. The van der Waals surface area contributed by atoms with Crippen LogP contribution >= 0.6 is 11.8 Å². The quantitative estimate of drug-likeness (QED) is 0.564. The van der Waals surface area contributed by atoms with Gasteiger partial charge in [0.25, 0.3) is 0 Å². The van der Waals surface area contributed by atoms with E-state index in [-0.39, 0.29) is 0 Å². The van der Waals surface area contributed by atoms with E-state index in [2.05, 4.69) is 36.9 Å². The van der Waals surface area contributed by atoms with Crippen LogP contribution in [0.1, 0.15) is 33.6 Å². The molecule has 3 unspecified atom stereocenters. The Morgan fingerprint density at radius 2 is 2.22 bits per heavy atom. The highest BCUT2D eigenvalue weighted by molar-refractivity contribution is 7.99. The van der Waals surface area contributed by atoms with E-state index in [0.717, 1.165) is 24.0 Å². The lowest BCUT2D eigenvalue weighted by atomic mass is 9.87. The van der Waals surface area contributed by atoms with Gasteiger partial charge in [-0.2, -0.15) is 0 Å². The maximum atomic E-state index is 5.27. The van der Waals surface area contributed by atoms with Crippen molar-refractivity contribution in [1.29, 1.82) is 0 Å². The summed E-state index contributed by atoms with van der Waals surface area (Å²) in [5, 5.41) is 3.69. The Hall–Kier alpha value is -0.170. The minimum Gasteiger partial charge on any atom is -0.314 e. The van der Waals surface area contributed by atoms with E-state index >= 15 is 0 Å². The van der Waals surface area contributed by atoms with Gasteiger partial charge in [-0.1, -0.05) is 19.8 Å². The molecule has 104 valence electrons. The molecule has 18 heavy (non-hydrogen) atoms. The van der Waals surface area contributed by atoms with Crippen molar-refractivity contribution < 1.29 is 0 Å². The van der Waals surface area contributed by atoms with Gasteiger partial charge in [-0.15, -0.1) is 18.2 Å². The molecule has 1 aliphatic heterocycles. The molecule has 0 saturated carbocycles. The standard InChI is InChI=1S/C15H28N2S/c1-5-8-16-15-7-9-17(14(4)13(15)3)10-12-18-11-6-2/h2,13-16H,5,7-12H2,1,3-4H3. The van der Waals surface area contributed by atoms with Crippen molar-refractivity contribution in [2.45, 2.75) is 45.7 Å². The molecule has 0 amide bonds. The summed E-state index contributed by atoms with van der Waals surface area (Å²) in [5.74, 6) is 5.44. The SMILES string of the molecule is C#CCSCCN1CCC(NCCC)C(C)C1C. The second kappa shape index (κ2) is 8.85. The number of hydrogen-bond donors (Lipinski definition) is 1. The molecule has 1 saturated heterocycles. The van der Waals surface area contributed by atoms with Crippen LogP contribution in [-0.2, 0) is 0 Å².